The monoisotopic (exact) mass is 300 g/mol. The first kappa shape index (κ1) is 13.7. The Morgan fingerprint density at radius 3 is 2.59 bits per heavy atom. The van der Waals surface area contributed by atoms with Gasteiger partial charge < -0.3 is 14.2 Å². The summed E-state index contributed by atoms with van der Waals surface area (Å²) in [5.74, 6) is 2.94. The molecule has 0 bridgehead atoms. The molecule has 2 aliphatic rings. The molecule has 1 aliphatic carbocycles. The van der Waals surface area contributed by atoms with E-state index in [1.807, 2.05) is 0 Å². The summed E-state index contributed by atoms with van der Waals surface area (Å²) in [4.78, 5) is 0. The fraction of sp³-hybridized carbons (Fsp3) is 0.500. The Morgan fingerprint density at radius 2 is 1.86 bits per heavy atom. The molecule has 0 N–H and O–H groups in total. The van der Waals surface area contributed by atoms with Crippen LogP contribution in [0.1, 0.15) is 36.4 Å². The molecule has 4 heteroatoms. The van der Waals surface area contributed by atoms with Gasteiger partial charge in [-0.05, 0) is 25.3 Å². The highest BCUT2D eigenvalue weighted by molar-refractivity contribution is 5.95. The fourth-order valence-electron chi connectivity index (χ4n) is 4.28. The van der Waals surface area contributed by atoms with E-state index >= 15 is 0 Å². The third kappa shape index (κ3) is 1.73. The minimum absolute atomic E-state index is 0.693. The van der Waals surface area contributed by atoms with Gasteiger partial charge >= 0.3 is 0 Å². The lowest BCUT2D eigenvalue weighted by Gasteiger charge is -2.21. The van der Waals surface area contributed by atoms with Crippen LogP contribution in [0, 0.1) is 0 Å². The third-order valence-electron chi connectivity index (χ3n) is 5.16. The van der Waals surface area contributed by atoms with Gasteiger partial charge in [0.2, 0.25) is 5.75 Å². The molecular weight excluding hydrogens is 278 g/mol. The number of hydrogen-bond donors (Lipinski definition) is 0. The van der Waals surface area contributed by atoms with Gasteiger partial charge in [-0.15, -0.1) is 0 Å². The zero-order valence-electron chi connectivity index (χ0n) is 13.4. The number of fused-ring (bicyclic) bond motifs is 2. The summed E-state index contributed by atoms with van der Waals surface area (Å²) in [5, 5.41) is 2.38. The van der Waals surface area contributed by atoms with E-state index < -0.39 is 0 Å². The second-order valence-corrected chi connectivity index (χ2v) is 6.17. The molecule has 1 aromatic heterocycles. The lowest BCUT2D eigenvalue weighted by Crippen LogP contribution is -2.35. The van der Waals surface area contributed by atoms with E-state index in [9.17, 15) is 0 Å². The maximum absolute atomic E-state index is 5.74. The van der Waals surface area contributed by atoms with Gasteiger partial charge in [-0.1, -0.05) is 0 Å². The highest BCUT2D eigenvalue weighted by atomic mass is 16.5. The smallest absolute Gasteiger partial charge is 0.203 e. The maximum atomic E-state index is 5.74. The number of aryl methyl sites for hydroxylation is 2. The van der Waals surface area contributed by atoms with E-state index in [0.717, 1.165) is 24.5 Å². The molecule has 2 heterocycles. The summed E-state index contributed by atoms with van der Waals surface area (Å²) in [6.07, 6.45) is 7.21. The predicted molar refractivity (Wildman–Crippen MR) is 84.1 cm³/mol. The van der Waals surface area contributed by atoms with Crippen LogP contribution in [0.3, 0.4) is 0 Å². The first-order valence-electron chi connectivity index (χ1n) is 7.96. The lowest BCUT2D eigenvalue weighted by molar-refractivity contribution is -0.690. The number of aromatic nitrogens is 1. The molecule has 0 saturated carbocycles. The molecule has 1 aromatic carbocycles. The molecule has 0 saturated heterocycles. The highest BCUT2D eigenvalue weighted by Gasteiger charge is 2.38. The second-order valence-electron chi connectivity index (χ2n) is 6.17. The summed E-state index contributed by atoms with van der Waals surface area (Å²) in [7, 11) is 5.05. The summed E-state index contributed by atoms with van der Waals surface area (Å²) in [5.41, 5.74) is 2.97. The number of rotatable bonds is 3. The molecule has 0 spiro atoms. The van der Waals surface area contributed by atoms with Crippen molar-refractivity contribution in [1.29, 1.82) is 0 Å². The maximum Gasteiger partial charge on any atom is 0.203 e. The average Bonchev–Trinajstić information content (AvgIpc) is 2.97. The molecule has 0 amide bonds. The van der Waals surface area contributed by atoms with Crippen LogP contribution in [0.15, 0.2) is 12.3 Å². The molecular formula is C18H22NO3+. The van der Waals surface area contributed by atoms with E-state index in [-0.39, 0.29) is 0 Å². The van der Waals surface area contributed by atoms with E-state index in [4.69, 9.17) is 14.2 Å². The molecule has 22 heavy (non-hydrogen) atoms. The number of methoxy groups -OCH3 is 3. The zero-order chi connectivity index (χ0) is 15.3. The van der Waals surface area contributed by atoms with Crippen molar-refractivity contribution in [3.05, 3.63) is 23.5 Å². The molecule has 4 nitrogen and oxygen atoms in total. The fourth-order valence-corrected chi connectivity index (χ4v) is 4.28. The Labute approximate surface area is 130 Å². The van der Waals surface area contributed by atoms with E-state index in [1.165, 1.54) is 41.3 Å². The van der Waals surface area contributed by atoms with Gasteiger partial charge in [-0.2, -0.15) is 0 Å². The van der Waals surface area contributed by atoms with Crippen molar-refractivity contribution >= 4 is 10.8 Å². The van der Waals surface area contributed by atoms with Gasteiger partial charge in [-0.25, -0.2) is 4.57 Å². The van der Waals surface area contributed by atoms with Gasteiger partial charge in [0.25, 0.3) is 0 Å². The van der Waals surface area contributed by atoms with Crippen molar-refractivity contribution in [1.82, 2.24) is 0 Å². The Balaban J connectivity index is 2.12. The summed E-state index contributed by atoms with van der Waals surface area (Å²) < 4.78 is 19.3. The lowest BCUT2D eigenvalue weighted by atomic mass is 9.84. The molecule has 2 aromatic rings. The van der Waals surface area contributed by atoms with Crippen LogP contribution in [-0.2, 0) is 13.0 Å². The van der Waals surface area contributed by atoms with Crippen LogP contribution in [0.5, 0.6) is 17.2 Å². The number of hydrogen-bond acceptors (Lipinski definition) is 3. The molecule has 1 aliphatic heterocycles. The summed E-state index contributed by atoms with van der Waals surface area (Å²) in [6, 6.07) is 2.07. The van der Waals surface area contributed by atoms with Gasteiger partial charge in [-0.3, -0.25) is 0 Å². The quantitative estimate of drug-likeness (QED) is 0.817. The molecule has 116 valence electrons. The minimum atomic E-state index is 0.693. The van der Waals surface area contributed by atoms with Crippen molar-refractivity contribution in [3.63, 3.8) is 0 Å². The van der Waals surface area contributed by atoms with Crippen LogP contribution in [0.4, 0.5) is 0 Å². The van der Waals surface area contributed by atoms with Crippen molar-refractivity contribution in [2.75, 3.05) is 21.3 Å². The first-order chi connectivity index (χ1) is 10.8. The van der Waals surface area contributed by atoms with Crippen LogP contribution in [0.2, 0.25) is 0 Å². The summed E-state index contributed by atoms with van der Waals surface area (Å²) in [6.45, 7) is 1.12. The first-order valence-corrected chi connectivity index (χ1v) is 7.96. The van der Waals surface area contributed by atoms with Crippen molar-refractivity contribution < 1.29 is 18.8 Å². The standard InChI is InChI=1S/C18H22NO3/c1-20-14-9-12-10-19-8-7-11-5-4-6-13(16(11)19)15(12)18(22-3)17(14)21-2/h9-11H,4-8H2,1-3H3/q+1. The van der Waals surface area contributed by atoms with Gasteiger partial charge in [0.1, 0.15) is 6.54 Å². The molecule has 4 rings (SSSR count). The van der Waals surface area contributed by atoms with Gasteiger partial charge in [0.15, 0.2) is 23.4 Å². The molecule has 0 radical (unpaired) electrons. The van der Waals surface area contributed by atoms with Gasteiger partial charge in [0.05, 0.1) is 32.6 Å². The van der Waals surface area contributed by atoms with Crippen molar-refractivity contribution in [2.45, 2.75) is 38.1 Å². The van der Waals surface area contributed by atoms with Crippen LogP contribution < -0.4 is 18.8 Å². The Kier molecular flexibility index (Phi) is 3.13. The Hall–Kier alpha value is -1.97. The second kappa shape index (κ2) is 5.04. The number of nitrogens with zero attached hydrogens (tertiary/aromatic N) is 1. The van der Waals surface area contributed by atoms with Crippen LogP contribution >= 0.6 is 0 Å². The highest BCUT2D eigenvalue weighted by Crippen LogP contribution is 2.47. The van der Waals surface area contributed by atoms with Crippen LogP contribution in [-0.4, -0.2) is 21.3 Å². The Bertz CT molecular complexity index is 744. The Morgan fingerprint density at radius 1 is 1.05 bits per heavy atom. The molecule has 1 unspecified atom stereocenters. The van der Waals surface area contributed by atoms with E-state index in [0.29, 0.717) is 11.7 Å². The van der Waals surface area contributed by atoms with Gasteiger partial charge in [0, 0.05) is 17.4 Å². The zero-order valence-corrected chi connectivity index (χ0v) is 13.4. The SMILES string of the molecule is COc1cc2c[n+]3c4c(c2c(OC)c1OC)CCCC4CC3. The third-order valence-corrected chi connectivity index (χ3v) is 5.16. The topological polar surface area (TPSA) is 31.6 Å². The van der Waals surface area contributed by atoms with Crippen molar-refractivity contribution in [3.8, 4) is 17.2 Å². The van der Waals surface area contributed by atoms with Crippen LogP contribution in [0.25, 0.3) is 10.8 Å². The summed E-state index contributed by atoms with van der Waals surface area (Å²) >= 11 is 0. The van der Waals surface area contributed by atoms with Crippen molar-refractivity contribution in [2.24, 2.45) is 0 Å². The molecule has 0 fully saturated rings. The van der Waals surface area contributed by atoms with E-state index in [1.54, 1.807) is 21.3 Å². The average molecular weight is 300 g/mol. The largest absolute Gasteiger partial charge is 0.493 e. The predicted octanol–water partition coefficient (Wildman–Crippen LogP) is 2.98. The number of pyridine rings is 1. The normalized spacial score (nSPS) is 19.1. The number of benzene rings is 1. The van der Waals surface area contributed by atoms with E-state index in [2.05, 4.69) is 16.8 Å². The minimum Gasteiger partial charge on any atom is -0.493 e. The number of ether oxygens (including phenoxy) is 3. The molecule has 1 atom stereocenters.